The van der Waals surface area contributed by atoms with Crippen molar-refractivity contribution in [2.75, 3.05) is 0 Å². The van der Waals surface area contributed by atoms with Crippen molar-refractivity contribution in [1.29, 1.82) is 0 Å². The molecule has 2 aromatic heterocycles. The van der Waals surface area contributed by atoms with Crippen LogP contribution in [-0.2, 0) is 13.1 Å². The van der Waals surface area contributed by atoms with Crippen LogP contribution in [0.15, 0.2) is 17.1 Å². The third-order valence-corrected chi connectivity index (χ3v) is 4.44. The average Bonchev–Trinajstić information content (AvgIpc) is 3.22. The Hall–Kier alpha value is -2.37. The number of hydrogen-bond donors (Lipinski definition) is 2. The number of H-pyrrole nitrogens is 1. The molecule has 0 saturated heterocycles. The van der Waals surface area contributed by atoms with Gasteiger partial charge in [0.2, 0.25) is 0 Å². The summed E-state index contributed by atoms with van der Waals surface area (Å²) < 4.78 is 1.74. The van der Waals surface area contributed by atoms with Gasteiger partial charge < -0.3 is 9.88 Å². The van der Waals surface area contributed by atoms with Crippen LogP contribution in [0.25, 0.3) is 0 Å². The molecule has 0 bridgehead atoms. The van der Waals surface area contributed by atoms with E-state index in [0.29, 0.717) is 19.0 Å². The smallest absolute Gasteiger partial charge is 0.263 e. The number of nitrogens with zero attached hydrogens (tertiary/aromatic N) is 2. The molecular formula is C17H22N4O2. The number of nitrogens with one attached hydrogen (secondary N) is 2. The second-order valence-corrected chi connectivity index (χ2v) is 6.41. The molecule has 23 heavy (non-hydrogen) atoms. The zero-order valence-electron chi connectivity index (χ0n) is 13.8. The van der Waals surface area contributed by atoms with E-state index in [1.165, 1.54) is 12.8 Å². The van der Waals surface area contributed by atoms with Crippen LogP contribution in [-0.4, -0.2) is 20.7 Å². The summed E-state index contributed by atoms with van der Waals surface area (Å²) in [6.45, 7) is 6.71. The molecule has 0 aromatic carbocycles. The summed E-state index contributed by atoms with van der Waals surface area (Å²) in [5.41, 5.74) is 3.54. The van der Waals surface area contributed by atoms with Crippen LogP contribution >= 0.6 is 0 Å². The van der Waals surface area contributed by atoms with E-state index in [9.17, 15) is 9.59 Å². The zero-order valence-corrected chi connectivity index (χ0v) is 13.8. The lowest BCUT2D eigenvalue weighted by Gasteiger charge is -2.14. The quantitative estimate of drug-likeness (QED) is 0.883. The highest BCUT2D eigenvalue weighted by Gasteiger charge is 2.25. The van der Waals surface area contributed by atoms with Gasteiger partial charge in [0.1, 0.15) is 5.56 Å². The van der Waals surface area contributed by atoms with E-state index in [2.05, 4.69) is 15.5 Å². The zero-order chi connectivity index (χ0) is 16.6. The lowest BCUT2D eigenvalue weighted by Crippen LogP contribution is -2.35. The van der Waals surface area contributed by atoms with Crippen molar-refractivity contribution in [2.24, 2.45) is 5.92 Å². The second kappa shape index (κ2) is 6.02. The van der Waals surface area contributed by atoms with Crippen molar-refractivity contribution < 1.29 is 4.79 Å². The molecule has 0 unspecified atom stereocenters. The van der Waals surface area contributed by atoms with Gasteiger partial charge in [-0.2, -0.15) is 5.10 Å². The van der Waals surface area contributed by atoms with Gasteiger partial charge in [0.25, 0.3) is 11.5 Å². The minimum atomic E-state index is -0.322. The number of rotatable bonds is 5. The molecule has 1 saturated carbocycles. The molecule has 0 atom stereocenters. The van der Waals surface area contributed by atoms with Crippen LogP contribution in [0.3, 0.4) is 0 Å². The SMILES string of the molecule is Cc1cc(C)n(CC2CC2)c(=O)c1C(=O)NCc1cn[nH]c1C. The summed E-state index contributed by atoms with van der Waals surface area (Å²) in [6, 6.07) is 1.92. The fourth-order valence-corrected chi connectivity index (χ4v) is 2.81. The summed E-state index contributed by atoms with van der Waals surface area (Å²) in [5.74, 6) is 0.260. The summed E-state index contributed by atoms with van der Waals surface area (Å²) in [7, 11) is 0. The van der Waals surface area contributed by atoms with Gasteiger partial charge in [0.15, 0.2) is 0 Å². The highest BCUT2D eigenvalue weighted by Crippen LogP contribution is 2.30. The number of aryl methyl sites for hydroxylation is 3. The van der Waals surface area contributed by atoms with Gasteiger partial charge in [0.05, 0.1) is 6.20 Å². The summed E-state index contributed by atoms with van der Waals surface area (Å²) in [6.07, 6.45) is 4.02. The molecule has 1 fully saturated rings. The third kappa shape index (κ3) is 3.21. The first-order valence-electron chi connectivity index (χ1n) is 7.95. The van der Waals surface area contributed by atoms with Crippen LogP contribution in [0, 0.1) is 26.7 Å². The lowest BCUT2D eigenvalue weighted by atomic mass is 10.1. The maximum Gasteiger partial charge on any atom is 0.263 e. The maximum atomic E-state index is 12.7. The lowest BCUT2D eigenvalue weighted by molar-refractivity contribution is 0.0948. The molecule has 0 radical (unpaired) electrons. The molecule has 1 aliphatic rings. The predicted octanol–water partition coefficient (Wildman–Crippen LogP) is 1.84. The van der Waals surface area contributed by atoms with E-state index in [1.807, 2.05) is 26.8 Å². The topological polar surface area (TPSA) is 79.8 Å². The molecule has 0 spiro atoms. The van der Waals surface area contributed by atoms with Crippen molar-refractivity contribution >= 4 is 5.91 Å². The van der Waals surface area contributed by atoms with Crippen molar-refractivity contribution in [2.45, 2.75) is 46.7 Å². The Morgan fingerprint density at radius 1 is 1.39 bits per heavy atom. The fraction of sp³-hybridized carbons (Fsp3) is 0.471. The highest BCUT2D eigenvalue weighted by molar-refractivity contribution is 5.95. The van der Waals surface area contributed by atoms with Gasteiger partial charge in [-0.25, -0.2) is 0 Å². The number of aromatic amines is 1. The monoisotopic (exact) mass is 314 g/mol. The van der Waals surface area contributed by atoms with E-state index in [-0.39, 0.29) is 17.0 Å². The van der Waals surface area contributed by atoms with E-state index in [0.717, 1.165) is 22.5 Å². The van der Waals surface area contributed by atoms with Gasteiger partial charge >= 0.3 is 0 Å². The van der Waals surface area contributed by atoms with Crippen LogP contribution in [0.4, 0.5) is 0 Å². The Morgan fingerprint density at radius 3 is 2.74 bits per heavy atom. The molecule has 0 aliphatic heterocycles. The van der Waals surface area contributed by atoms with Gasteiger partial charge in [-0.1, -0.05) is 0 Å². The molecule has 2 N–H and O–H groups in total. The van der Waals surface area contributed by atoms with Gasteiger partial charge in [0, 0.05) is 30.0 Å². The molecule has 2 heterocycles. The number of carbonyl (C=O) groups is 1. The van der Waals surface area contributed by atoms with Crippen LogP contribution in [0.2, 0.25) is 0 Å². The molecule has 6 heteroatoms. The summed E-state index contributed by atoms with van der Waals surface area (Å²) >= 11 is 0. The van der Waals surface area contributed by atoms with Crippen molar-refractivity contribution in [3.8, 4) is 0 Å². The molecule has 3 rings (SSSR count). The number of carbonyl (C=O) groups excluding carboxylic acids is 1. The Morgan fingerprint density at radius 2 is 2.13 bits per heavy atom. The van der Waals surface area contributed by atoms with Crippen LogP contribution < -0.4 is 10.9 Å². The minimum absolute atomic E-state index is 0.184. The molecule has 2 aromatic rings. The minimum Gasteiger partial charge on any atom is -0.348 e. The molecule has 6 nitrogen and oxygen atoms in total. The first-order chi connectivity index (χ1) is 11.0. The molecule has 1 aliphatic carbocycles. The number of aromatic nitrogens is 3. The fourth-order valence-electron chi connectivity index (χ4n) is 2.81. The Balaban J connectivity index is 1.84. The van der Waals surface area contributed by atoms with Gasteiger partial charge in [-0.15, -0.1) is 0 Å². The highest BCUT2D eigenvalue weighted by atomic mass is 16.2. The first-order valence-corrected chi connectivity index (χ1v) is 7.95. The predicted molar refractivity (Wildman–Crippen MR) is 87.4 cm³/mol. The van der Waals surface area contributed by atoms with Crippen molar-refractivity contribution in [3.63, 3.8) is 0 Å². The number of amides is 1. The Kier molecular flexibility index (Phi) is 4.07. The second-order valence-electron chi connectivity index (χ2n) is 6.41. The standard InChI is InChI=1S/C17H22N4O2/c1-10-6-11(2)21(9-13-4-5-13)17(23)15(10)16(22)18-7-14-8-19-20-12(14)3/h6,8,13H,4-5,7,9H2,1-3H3,(H,18,22)(H,19,20). The van der Waals surface area contributed by atoms with Gasteiger partial charge in [-0.05, 0) is 51.2 Å². The van der Waals surface area contributed by atoms with Crippen LogP contribution in [0.5, 0.6) is 0 Å². The van der Waals surface area contributed by atoms with Crippen molar-refractivity contribution in [1.82, 2.24) is 20.1 Å². The largest absolute Gasteiger partial charge is 0.348 e. The molecule has 1 amide bonds. The normalized spacial score (nSPS) is 14.0. The van der Waals surface area contributed by atoms with E-state index < -0.39 is 0 Å². The van der Waals surface area contributed by atoms with E-state index in [1.54, 1.807) is 10.8 Å². The van der Waals surface area contributed by atoms with Crippen LogP contribution in [0.1, 0.15) is 45.7 Å². The van der Waals surface area contributed by atoms with Crippen molar-refractivity contribution in [3.05, 3.63) is 50.7 Å². The molecular weight excluding hydrogens is 292 g/mol. The Labute approximate surface area is 134 Å². The van der Waals surface area contributed by atoms with Gasteiger partial charge in [-0.3, -0.25) is 14.7 Å². The summed E-state index contributed by atoms with van der Waals surface area (Å²) in [4.78, 5) is 25.2. The number of pyridine rings is 1. The first kappa shape index (κ1) is 15.5. The average molecular weight is 314 g/mol. The third-order valence-electron chi connectivity index (χ3n) is 4.44. The maximum absolute atomic E-state index is 12.7. The summed E-state index contributed by atoms with van der Waals surface area (Å²) in [5, 5.41) is 9.59. The van der Waals surface area contributed by atoms with E-state index in [4.69, 9.17) is 0 Å². The Bertz CT molecular complexity index is 799. The molecule has 122 valence electrons. The van der Waals surface area contributed by atoms with E-state index >= 15 is 0 Å². The number of hydrogen-bond acceptors (Lipinski definition) is 3.